The van der Waals surface area contributed by atoms with E-state index in [2.05, 4.69) is 22.1 Å². The van der Waals surface area contributed by atoms with Crippen LogP contribution >= 0.6 is 24.0 Å². The van der Waals surface area contributed by atoms with Gasteiger partial charge in [0.1, 0.15) is 0 Å². The largest absolute Gasteiger partial charge is 0.459 e. The Hall–Kier alpha value is -2.10. The number of carbonyl (C=O) groups is 1. The highest BCUT2D eigenvalue weighted by atomic mass is 127. The number of aromatic nitrogens is 1. The van der Waals surface area contributed by atoms with E-state index in [0.717, 1.165) is 37.0 Å². The molecule has 146 valence electrons. The first-order valence-electron chi connectivity index (χ1n) is 8.96. The smallest absolute Gasteiger partial charge is 0.289 e. The highest BCUT2D eigenvalue weighted by Gasteiger charge is 2.25. The van der Waals surface area contributed by atoms with Crippen LogP contribution in [0.2, 0.25) is 0 Å². The number of aliphatic imine (C=N–C) groups is 1. The summed E-state index contributed by atoms with van der Waals surface area (Å²) in [6.07, 6.45) is 1.53. The molecule has 0 bridgehead atoms. The highest BCUT2D eigenvalue weighted by Crippen LogP contribution is 2.10. The molecule has 1 aliphatic heterocycles. The van der Waals surface area contributed by atoms with E-state index in [4.69, 9.17) is 9.41 Å². The van der Waals surface area contributed by atoms with Crippen LogP contribution in [0.25, 0.3) is 0 Å². The fourth-order valence-corrected chi connectivity index (χ4v) is 2.95. The maximum Gasteiger partial charge on any atom is 0.289 e. The first kappa shape index (κ1) is 21.2. The molecule has 3 heterocycles. The molecule has 8 heteroatoms. The van der Waals surface area contributed by atoms with E-state index in [-0.39, 0.29) is 29.9 Å². The summed E-state index contributed by atoms with van der Waals surface area (Å²) in [7, 11) is 0. The third-order valence-corrected chi connectivity index (χ3v) is 4.27. The molecule has 1 N–H and O–H groups in total. The van der Waals surface area contributed by atoms with Crippen molar-refractivity contribution in [3.8, 4) is 0 Å². The van der Waals surface area contributed by atoms with Gasteiger partial charge in [0, 0.05) is 38.4 Å². The van der Waals surface area contributed by atoms with Gasteiger partial charge >= 0.3 is 0 Å². The number of guanidine groups is 1. The number of nitrogens with zero attached hydrogens (tertiary/aromatic N) is 4. The predicted molar refractivity (Wildman–Crippen MR) is 115 cm³/mol. The summed E-state index contributed by atoms with van der Waals surface area (Å²) in [5.41, 5.74) is 1.94. The summed E-state index contributed by atoms with van der Waals surface area (Å²) >= 11 is 0. The van der Waals surface area contributed by atoms with E-state index >= 15 is 0 Å². The highest BCUT2D eigenvalue weighted by molar-refractivity contribution is 14.0. The SMILES string of the molecule is CCNC(=NCc1cccc(C)n1)N1CCN(C(=O)c2ccco2)CC1.I. The van der Waals surface area contributed by atoms with Crippen molar-refractivity contribution in [2.24, 2.45) is 4.99 Å². The van der Waals surface area contributed by atoms with E-state index in [1.54, 1.807) is 12.1 Å². The number of hydrogen-bond acceptors (Lipinski definition) is 4. The lowest BCUT2D eigenvalue weighted by atomic mass is 10.3. The van der Waals surface area contributed by atoms with Crippen LogP contribution in [0.3, 0.4) is 0 Å². The van der Waals surface area contributed by atoms with Gasteiger partial charge in [0.2, 0.25) is 0 Å². The van der Waals surface area contributed by atoms with Crippen molar-refractivity contribution in [1.29, 1.82) is 0 Å². The summed E-state index contributed by atoms with van der Waals surface area (Å²) in [6.45, 7) is 8.13. The van der Waals surface area contributed by atoms with Gasteiger partial charge in [-0.15, -0.1) is 24.0 Å². The Balaban J connectivity index is 0.00000261. The summed E-state index contributed by atoms with van der Waals surface area (Å²) in [4.78, 5) is 25.6. The number of aryl methyl sites for hydroxylation is 1. The molecule has 27 heavy (non-hydrogen) atoms. The fourth-order valence-electron chi connectivity index (χ4n) is 2.95. The zero-order valence-corrected chi connectivity index (χ0v) is 18.1. The van der Waals surface area contributed by atoms with E-state index in [1.807, 2.05) is 30.0 Å². The van der Waals surface area contributed by atoms with E-state index < -0.39 is 0 Å². The van der Waals surface area contributed by atoms with Crippen LogP contribution in [0.15, 0.2) is 46.0 Å². The van der Waals surface area contributed by atoms with Gasteiger partial charge in [-0.3, -0.25) is 9.78 Å². The minimum atomic E-state index is -0.0550. The van der Waals surface area contributed by atoms with Crippen molar-refractivity contribution in [3.63, 3.8) is 0 Å². The number of furan rings is 1. The Morgan fingerprint density at radius 1 is 1.19 bits per heavy atom. The number of nitrogens with one attached hydrogen (secondary N) is 1. The molecular weight excluding hydrogens is 457 g/mol. The van der Waals surface area contributed by atoms with Gasteiger partial charge in [-0.25, -0.2) is 4.99 Å². The van der Waals surface area contributed by atoms with Gasteiger partial charge < -0.3 is 19.5 Å². The molecule has 3 rings (SSSR count). The quantitative estimate of drug-likeness (QED) is 0.411. The van der Waals surface area contributed by atoms with E-state index in [0.29, 0.717) is 25.4 Å². The van der Waals surface area contributed by atoms with Gasteiger partial charge in [-0.1, -0.05) is 6.07 Å². The summed E-state index contributed by atoms with van der Waals surface area (Å²) in [5, 5.41) is 3.33. The van der Waals surface area contributed by atoms with Crippen LogP contribution in [0, 0.1) is 6.92 Å². The fraction of sp³-hybridized carbons (Fsp3) is 0.421. The third kappa shape index (κ3) is 5.69. The maximum absolute atomic E-state index is 12.4. The number of amides is 1. The van der Waals surface area contributed by atoms with Crippen molar-refractivity contribution in [2.45, 2.75) is 20.4 Å². The van der Waals surface area contributed by atoms with Crippen molar-refractivity contribution in [1.82, 2.24) is 20.1 Å². The minimum absolute atomic E-state index is 0. The monoisotopic (exact) mass is 483 g/mol. The van der Waals surface area contributed by atoms with Crippen LogP contribution in [0.1, 0.15) is 28.9 Å². The van der Waals surface area contributed by atoms with Gasteiger partial charge in [-0.05, 0) is 38.1 Å². The first-order chi connectivity index (χ1) is 12.7. The number of pyridine rings is 1. The Morgan fingerprint density at radius 2 is 1.93 bits per heavy atom. The molecule has 1 fully saturated rings. The van der Waals surface area contributed by atoms with Crippen LogP contribution < -0.4 is 5.32 Å². The molecule has 0 spiro atoms. The number of carbonyl (C=O) groups excluding carboxylic acids is 1. The molecule has 1 amide bonds. The van der Waals surface area contributed by atoms with E-state index in [9.17, 15) is 4.79 Å². The van der Waals surface area contributed by atoms with Crippen molar-refractivity contribution in [2.75, 3.05) is 32.7 Å². The molecule has 0 unspecified atom stereocenters. The molecule has 0 atom stereocenters. The molecule has 0 saturated carbocycles. The predicted octanol–water partition coefficient (Wildman–Crippen LogP) is 2.52. The molecule has 0 aliphatic carbocycles. The Kier molecular flexibility index (Phi) is 8.08. The third-order valence-electron chi connectivity index (χ3n) is 4.27. The van der Waals surface area contributed by atoms with Gasteiger partial charge in [0.05, 0.1) is 18.5 Å². The molecule has 1 saturated heterocycles. The van der Waals surface area contributed by atoms with Crippen molar-refractivity contribution in [3.05, 3.63) is 53.7 Å². The second-order valence-electron chi connectivity index (χ2n) is 6.20. The zero-order chi connectivity index (χ0) is 18.4. The Bertz CT molecular complexity index is 755. The summed E-state index contributed by atoms with van der Waals surface area (Å²) in [5.74, 6) is 1.20. The number of hydrogen-bond donors (Lipinski definition) is 1. The lowest BCUT2D eigenvalue weighted by Gasteiger charge is -2.36. The number of halogens is 1. The van der Waals surface area contributed by atoms with Crippen LogP contribution in [0.5, 0.6) is 0 Å². The molecule has 7 nitrogen and oxygen atoms in total. The number of piperazine rings is 1. The normalized spacial score (nSPS) is 14.7. The van der Waals surface area contributed by atoms with E-state index in [1.165, 1.54) is 6.26 Å². The standard InChI is InChI=1S/C19H25N5O2.HI/c1-3-20-19(21-14-16-7-4-6-15(2)22-16)24-11-9-23(10-12-24)18(25)17-8-5-13-26-17;/h4-8,13H,3,9-12,14H2,1-2H3,(H,20,21);1H. The second-order valence-corrected chi connectivity index (χ2v) is 6.20. The summed E-state index contributed by atoms with van der Waals surface area (Å²) < 4.78 is 5.21. The van der Waals surface area contributed by atoms with Crippen LogP contribution in [-0.4, -0.2) is 59.4 Å². The van der Waals surface area contributed by atoms with Crippen molar-refractivity contribution < 1.29 is 9.21 Å². The van der Waals surface area contributed by atoms with Gasteiger partial charge in [0.25, 0.3) is 5.91 Å². The molecule has 2 aromatic rings. The second kappa shape index (κ2) is 10.3. The molecule has 0 aromatic carbocycles. The van der Waals surface area contributed by atoms with Crippen LogP contribution in [-0.2, 0) is 6.54 Å². The molecule has 2 aromatic heterocycles. The molecular formula is C19H26IN5O2. The number of rotatable bonds is 4. The summed E-state index contributed by atoms with van der Waals surface area (Å²) in [6, 6.07) is 9.40. The lowest BCUT2D eigenvalue weighted by Crippen LogP contribution is -2.53. The van der Waals surface area contributed by atoms with Gasteiger partial charge in [-0.2, -0.15) is 0 Å². The van der Waals surface area contributed by atoms with Crippen molar-refractivity contribution >= 4 is 35.8 Å². The average molecular weight is 483 g/mol. The average Bonchev–Trinajstić information content (AvgIpc) is 3.19. The maximum atomic E-state index is 12.4. The lowest BCUT2D eigenvalue weighted by molar-refractivity contribution is 0.0657. The first-order valence-corrected chi connectivity index (χ1v) is 8.96. The Labute approximate surface area is 176 Å². The Morgan fingerprint density at radius 3 is 2.56 bits per heavy atom. The zero-order valence-electron chi connectivity index (χ0n) is 15.7. The molecule has 0 radical (unpaired) electrons. The topological polar surface area (TPSA) is 74.0 Å². The molecule has 1 aliphatic rings. The van der Waals surface area contributed by atoms with Gasteiger partial charge in [0.15, 0.2) is 11.7 Å². The minimum Gasteiger partial charge on any atom is -0.459 e. The van der Waals surface area contributed by atoms with Crippen LogP contribution in [0.4, 0.5) is 0 Å².